The number of carbonyl (C=O) groups excluding carboxylic acids is 4. The van der Waals surface area contributed by atoms with Crippen molar-refractivity contribution in [3.05, 3.63) is 48.0 Å². The molecule has 1 fully saturated rings. The van der Waals surface area contributed by atoms with Crippen LogP contribution in [0.2, 0.25) is 0 Å². The van der Waals surface area contributed by atoms with Gasteiger partial charge in [-0.25, -0.2) is 0 Å². The van der Waals surface area contributed by atoms with Gasteiger partial charge in [0.25, 0.3) is 0 Å². The molecular weight excluding hydrogens is 394 g/mol. The SMILES string of the molecule is CCCNC(=O)[C@@H](C)N(Cc1ccccc1)C(=O)CCN1C(=O)[C@H]2CC=CC[C@H]2C1=O. The van der Waals surface area contributed by atoms with Crippen LogP contribution in [0.25, 0.3) is 0 Å². The Morgan fingerprint density at radius 2 is 1.71 bits per heavy atom. The molecule has 1 aliphatic carbocycles. The van der Waals surface area contributed by atoms with Crippen molar-refractivity contribution in [3.63, 3.8) is 0 Å². The van der Waals surface area contributed by atoms with E-state index < -0.39 is 6.04 Å². The maximum Gasteiger partial charge on any atom is 0.242 e. The molecule has 1 aliphatic heterocycles. The molecule has 1 N–H and O–H groups in total. The number of hydrogen-bond acceptors (Lipinski definition) is 4. The molecule has 1 aromatic rings. The number of hydrogen-bond donors (Lipinski definition) is 1. The van der Waals surface area contributed by atoms with Crippen molar-refractivity contribution < 1.29 is 19.2 Å². The third kappa shape index (κ3) is 5.21. The van der Waals surface area contributed by atoms with Gasteiger partial charge in [0.15, 0.2) is 0 Å². The zero-order valence-corrected chi connectivity index (χ0v) is 18.3. The van der Waals surface area contributed by atoms with Gasteiger partial charge in [-0.2, -0.15) is 0 Å². The lowest BCUT2D eigenvalue weighted by Gasteiger charge is -2.29. The quantitative estimate of drug-likeness (QED) is 0.486. The molecule has 7 heteroatoms. The van der Waals surface area contributed by atoms with Crippen LogP contribution < -0.4 is 5.32 Å². The fourth-order valence-corrected chi connectivity index (χ4v) is 4.20. The second kappa shape index (κ2) is 10.4. The molecule has 0 spiro atoms. The summed E-state index contributed by atoms with van der Waals surface area (Å²) in [6.45, 7) is 4.56. The lowest BCUT2D eigenvalue weighted by atomic mass is 9.85. The second-order valence-corrected chi connectivity index (χ2v) is 8.21. The third-order valence-electron chi connectivity index (χ3n) is 6.06. The van der Waals surface area contributed by atoms with Crippen LogP contribution in [0.5, 0.6) is 0 Å². The average molecular weight is 426 g/mol. The molecule has 7 nitrogen and oxygen atoms in total. The lowest BCUT2D eigenvalue weighted by Crippen LogP contribution is -2.48. The number of carbonyl (C=O) groups is 4. The van der Waals surface area contributed by atoms with Gasteiger partial charge < -0.3 is 10.2 Å². The fourth-order valence-electron chi connectivity index (χ4n) is 4.20. The summed E-state index contributed by atoms with van der Waals surface area (Å²) in [7, 11) is 0. The van der Waals surface area contributed by atoms with E-state index in [-0.39, 0.29) is 55.0 Å². The maximum absolute atomic E-state index is 13.1. The molecule has 0 radical (unpaired) electrons. The van der Waals surface area contributed by atoms with Gasteiger partial charge in [0.2, 0.25) is 23.6 Å². The minimum atomic E-state index is -0.656. The number of likely N-dealkylation sites (tertiary alicyclic amines) is 1. The van der Waals surface area contributed by atoms with Crippen LogP contribution in [-0.4, -0.2) is 52.6 Å². The third-order valence-corrected chi connectivity index (χ3v) is 6.06. The molecule has 0 bridgehead atoms. The average Bonchev–Trinajstić information content (AvgIpc) is 3.04. The van der Waals surface area contributed by atoms with Crippen LogP contribution in [0.1, 0.15) is 45.1 Å². The summed E-state index contributed by atoms with van der Waals surface area (Å²) in [4.78, 5) is 53.8. The molecule has 2 aliphatic rings. The Bertz CT molecular complexity index is 826. The van der Waals surface area contributed by atoms with Crippen LogP contribution in [0.3, 0.4) is 0 Å². The molecule has 3 rings (SSSR count). The van der Waals surface area contributed by atoms with E-state index in [1.807, 2.05) is 49.4 Å². The van der Waals surface area contributed by atoms with Gasteiger partial charge in [-0.3, -0.25) is 24.1 Å². The molecule has 31 heavy (non-hydrogen) atoms. The number of amides is 4. The van der Waals surface area contributed by atoms with Gasteiger partial charge in [-0.05, 0) is 31.7 Å². The smallest absolute Gasteiger partial charge is 0.242 e. The zero-order valence-electron chi connectivity index (χ0n) is 18.3. The van der Waals surface area contributed by atoms with Crippen molar-refractivity contribution >= 4 is 23.6 Å². The Morgan fingerprint density at radius 1 is 1.10 bits per heavy atom. The van der Waals surface area contributed by atoms with Gasteiger partial charge in [-0.1, -0.05) is 49.4 Å². The van der Waals surface area contributed by atoms with Crippen LogP contribution in [0, 0.1) is 11.8 Å². The number of nitrogens with zero attached hydrogens (tertiary/aromatic N) is 2. The van der Waals surface area contributed by atoms with Crippen molar-refractivity contribution in [1.29, 1.82) is 0 Å². The Hall–Kier alpha value is -2.96. The molecule has 0 aromatic heterocycles. The predicted molar refractivity (Wildman–Crippen MR) is 116 cm³/mol. The number of nitrogens with one attached hydrogen (secondary N) is 1. The van der Waals surface area contributed by atoms with Crippen LogP contribution in [0.4, 0.5) is 0 Å². The normalized spacial score (nSPS) is 21.0. The monoisotopic (exact) mass is 425 g/mol. The number of rotatable bonds is 9. The van der Waals surface area contributed by atoms with Gasteiger partial charge >= 0.3 is 0 Å². The summed E-state index contributed by atoms with van der Waals surface area (Å²) in [5.41, 5.74) is 0.913. The highest BCUT2D eigenvalue weighted by Gasteiger charge is 2.47. The summed E-state index contributed by atoms with van der Waals surface area (Å²) in [5, 5.41) is 2.84. The van der Waals surface area contributed by atoms with Crippen LogP contribution >= 0.6 is 0 Å². The zero-order chi connectivity index (χ0) is 22.4. The van der Waals surface area contributed by atoms with Crippen molar-refractivity contribution in [2.45, 2.75) is 52.1 Å². The van der Waals surface area contributed by atoms with Gasteiger partial charge in [0.1, 0.15) is 6.04 Å². The highest BCUT2D eigenvalue weighted by atomic mass is 16.2. The summed E-state index contributed by atoms with van der Waals surface area (Å²) in [5.74, 6) is -1.43. The standard InChI is InChI=1S/C24H31N3O4/c1-3-14-25-22(29)17(2)27(16-18-9-5-4-6-10-18)21(28)13-15-26-23(30)19-11-7-8-12-20(19)24(26)31/h4-10,17,19-20H,3,11-16H2,1-2H3,(H,25,29)/t17-,19-,20+/m1/s1. The first-order valence-electron chi connectivity index (χ1n) is 11.0. The maximum atomic E-state index is 13.1. The minimum Gasteiger partial charge on any atom is -0.354 e. The van der Waals surface area contributed by atoms with Crippen molar-refractivity contribution in [1.82, 2.24) is 15.1 Å². The molecule has 1 saturated heterocycles. The lowest BCUT2D eigenvalue weighted by molar-refractivity contribution is -0.143. The van der Waals surface area contributed by atoms with E-state index in [2.05, 4.69) is 5.32 Å². The Labute approximate surface area is 183 Å². The molecule has 4 amide bonds. The van der Waals surface area contributed by atoms with E-state index in [1.54, 1.807) is 6.92 Å². The minimum absolute atomic E-state index is 0.00256. The fraction of sp³-hybridized carbons (Fsp3) is 0.500. The van der Waals surface area contributed by atoms with E-state index >= 15 is 0 Å². The van der Waals surface area contributed by atoms with Crippen LogP contribution in [-0.2, 0) is 25.7 Å². The van der Waals surface area contributed by atoms with E-state index in [0.29, 0.717) is 19.4 Å². The molecule has 3 atom stereocenters. The van der Waals surface area contributed by atoms with E-state index in [0.717, 1.165) is 12.0 Å². The van der Waals surface area contributed by atoms with Crippen molar-refractivity contribution in [3.8, 4) is 0 Å². The predicted octanol–water partition coefficient (Wildman–Crippen LogP) is 2.27. The van der Waals surface area contributed by atoms with Gasteiger partial charge in [0, 0.05) is 26.1 Å². The van der Waals surface area contributed by atoms with E-state index in [4.69, 9.17) is 0 Å². The first-order valence-corrected chi connectivity index (χ1v) is 11.0. The summed E-state index contributed by atoms with van der Waals surface area (Å²) in [6.07, 6.45) is 5.85. The highest BCUT2D eigenvalue weighted by molar-refractivity contribution is 6.05. The largest absolute Gasteiger partial charge is 0.354 e. The molecule has 1 aromatic carbocycles. The second-order valence-electron chi connectivity index (χ2n) is 8.21. The molecule has 166 valence electrons. The van der Waals surface area contributed by atoms with E-state index in [9.17, 15) is 19.2 Å². The van der Waals surface area contributed by atoms with Crippen molar-refractivity contribution in [2.75, 3.05) is 13.1 Å². The molecule has 0 saturated carbocycles. The summed E-state index contributed by atoms with van der Waals surface area (Å²) >= 11 is 0. The first-order chi connectivity index (χ1) is 14.9. The topological polar surface area (TPSA) is 86.8 Å². The summed E-state index contributed by atoms with van der Waals surface area (Å²) < 4.78 is 0. The Kier molecular flexibility index (Phi) is 7.60. The Morgan fingerprint density at radius 3 is 2.29 bits per heavy atom. The molecule has 1 heterocycles. The Balaban J connectivity index is 1.68. The molecule has 0 unspecified atom stereocenters. The summed E-state index contributed by atoms with van der Waals surface area (Å²) in [6, 6.07) is 8.82. The number of fused-ring (bicyclic) bond motifs is 1. The van der Waals surface area contributed by atoms with Gasteiger partial charge in [-0.15, -0.1) is 0 Å². The first kappa shape index (κ1) is 22.7. The van der Waals surface area contributed by atoms with Crippen molar-refractivity contribution in [2.24, 2.45) is 11.8 Å². The van der Waals surface area contributed by atoms with Gasteiger partial charge in [0.05, 0.1) is 11.8 Å². The molecular formula is C24H31N3O4. The number of imide groups is 1. The number of benzene rings is 1. The van der Waals surface area contributed by atoms with E-state index in [1.165, 1.54) is 9.80 Å². The highest BCUT2D eigenvalue weighted by Crippen LogP contribution is 2.35. The number of allylic oxidation sites excluding steroid dienone is 2. The van der Waals surface area contributed by atoms with Crippen LogP contribution in [0.15, 0.2) is 42.5 Å².